The van der Waals surface area contributed by atoms with Crippen molar-refractivity contribution < 1.29 is 31.1 Å². The van der Waals surface area contributed by atoms with Crippen LogP contribution in [0.25, 0.3) is 0 Å². The molecule has 1 aliphatic rings. The summed E-state index contributed by atoms with van der Waals surface area (Å²) >= 11 is 0. The van der Waals surface area contributed by atoms with Crippen LogP contribution in [0.15, 0.2) is 88.7 Å². The van der Waals surface area contributed by atoms with Gasteiger partial charge in [-0.15, -0.1) is 0 Å². The van der Waals surface area contributed by atoms with E-state index in [1.807, 2.05) is 0 Å². The molecule has 1 amide bonds. The second kappa shape index (κ2) is 13.2. The second-order valence-electron chi connectivity index (χ2n) is 9.01. The number of nitrogens with zero attached hydrogens (tertiary/aromatic N) is 2. The molecule has 0 unspecified atom stereocenters. The third-order valence-corrected chi connectivity index (χ3v) is 9.96. The fourth-order valence-electron chi connectivity index (χ4n) is 4.29. The Hall–Kier alpha value is -3.61. The zero-order chi connectivity index (χ0) is 28.6. The number of rotatable bonds is 13. The minimum atomic E-state index is -4.08. The van der Waals surface area contributed by atoms with Gasteiger partial charge in [-0.1, -0.05) is 30.3 Å². The summed E-state index contributed by atoms with van der Waals surface area (Å²) in [4.78, 5) is 13.1. The van der Waals surface area contributed by atoms with Crippen LogP contribution >= 0.6 is 0 Å². The van der Waals surface area contributed by atoms with Crippen molar-refractivity contribution >= 4 is 31.6 Å². The van der Waals surface area contributed by atoms with E-state index in [-0.39, 0.29) is 28.6 Å². The molecule has 0 aromatic heterocycles. The number of para-hydroxylation sites is 2. The molecule has 40 heavy (non-hydrogen) atoms. The van der Waals surface area contributed by atoms with E-state index in [0.717, 1.165) is 17.1 Å². The van der Waals surface area contributed by atoms with E-state index in [2.05, 4.69) is 5.32 Å². The van der Waals surface area contributed by atoms with E-state index in [9.17, 15) is 21.6 Å². The van der Waals surface area contributed by atoms with Gasteiger partial charge < -0.3 is 14.8 Å². The van der Waals surface area contributed by atoms with Crippen molar-refractivity contribution in [3.63, 3.8) is 0 Å². The van der Waals surface area contributed by atoms with E-state index >= 15 is 0 Å². The average Bonchev–Trinajstić information content (AvgIpc) is 3.52. The first kappa shape index (κ1) is 29.4. The minimum Gasteiger partial charge on any atom is -0.492 e. The molecule has 1 fully saturated rings. The number of carbonyl (C=O) groups excluding carboxylic acids is 1. The summed E-state index contributed by atoms with van der Waals surface area (Å²) in [5, 5.41) is 2.69. The van der Waals surface area contributed by atoms with Gasteiger partial charge in [-0.2, -0.15) is 4.31 Å². The van der Waals surface area contributed by atoms with Gasteiger partial charge in [0.05, 0.1) is 28.6 Å². The van der Waals surface area contributed by atoms with Gasteiger partial charge >= 0.3 is 0 Å². The number of ether oxygens (including phenoxy) is 2. The fourth-order valence-corrected chi connectivity index (χ4v) is 7.26. The number of sulfonamides is 2. The van der Waals surface area contributed by atoms with Crippen LogP contribution in [-0.2, 0) is 24.8 Å². The lowest BCUT2D eigenvalue weighted by molar-refractivity contribution is -0.119. The van der Waals surface area contributed by atoms with E-state index in [4.69, 9.17) is 9.47 Å². The van der Waals surface area contributed by atoms with Gasteiger partial charge in [-0.3, -0.25) is 9.10 Å². The predicted octanol–water partition coefficient (Wildman–Crippen LogP) is 3.26. The number of hydrogen-bond donors (Lipinski definition) is 1. The predicted molar refractivity (Wildman–Crippen MR) is 152 cm³/mol. The quantitative estimate of drug-likeness (QED) is 0.305. The average molecular weight is 588 g/mol. The first-order chi connectivity index (χ1) is 19.2. The van der Waals surface area contributed by atoms with Crippen molar-refractivity contribution in [2.24, 2.45) is 0 Å². The maximum Gasteiger partial charge on any atom is 0.264 e. The Labute approximate surface area is 235 Å². The van der Waals surface area contributed by atoms with E-state index in [1.54, 1.807) is 61.5 Å². The fraction of sp³-hybridized carbons (Fsp3) is 0.321. The maximum absolute atomic E-state index is 13.5. The van der Waals surface area contributed by atoms with Crippen LogP contribution in [0.2, 0.25) is 0 Å². The smallest absolute Gasteiger partial charge is 0.264 e. The third-order valence-electron chi connectivity index (χ3n) is 6.27. The van der Waals surface area contributed by atoms with Crippen LogP contribution in [-0.4, -0.2) is 66.4 Å². The lowest BCUT2D eigenvalue weighted by Crippen LogP contribution is -2.42. The number of carbonyl (C=O) groups is 1. The lowest BCUT2D eigenvalue weighted by atomic mass is 10.3. The molecule has 0 radical (unpaired) electrons. The summed E-state index contributed by atoms with van der Waals surface area (Å²) in [5.74, 6) is 0.269. The highest BCUT2D eigenvalue weighted by molar-refractivity contribution is 7.92. The van der Waals surface area contributed by atoms with Gasteiger partial charge in [0, 0.05) is 13.1 Å². The molecule has 4 rings (SSSR count). The molecule has 3 aromatic rings. The molecule has 1 aliphatic heterocycles. The largest absolute Gasteiger partial charge is 0.492 e. The molecule has 0 spiro atoms. The van der Waals surface area contributed by atoms with Gasteiger partial charge in [0.1, 0.15) is 24.7 Å². The van der Waals surface area contributed by atoms with Crippen LogP contribution in [0.1, 0.15) is 19.8 Å². The zero-order valence-electron chi connectivity index (χ0n) is 22.2. The van der Waals surface area contributed by atoms with Crippen molar-refractivity contribution in [1.82, 2.24) is 9.62 Å². The van der Waals surface area contributed by atoms with Crippen LogP contribution in [0, 0.1) is 0 Å². The van der Waals surface area contributed by atoms with Crippen molar-refractivity contribution in [3.05, 3.63) is 78.9 Å². The molecule has 214 valence electrons. The van der Waals surface area contributed by atoms with Gasteiger partial charge in [-0.05, 0) is 68.3 Å². The molecule has 1 heterocycles. The summed E-state index contributed by atoms with van der Waals surface area (Å²) in [6, 6.07) is 20.7. The first-order valence-corrected chi connectivity index (χ1v) is 15.9. The lowest BCUT2D eigenvalue weighted by Gasteiger charge is -2.26. The van der Waals surface area contributed by atoms with Gasteiger partial charge in [0.25, 0.3) is 10.0 Å². The highest BCUT2D eigenvalue weighted by Gasteiger charge is 2.29. The Kier molecular flexibility index (Phi) is 9.67. The van der Waals surface area contributed by atoms with Gasteiger partial charge in [0.2, 0.25) is 15.9 Å². The Morgan fingerprint density at radius 3 is 2.17 bits per heavy atom. The standard InChI is InChI=1S/C28H33N3O7S2/c1-2-37-27-13-7-6-12-26(27)31(40(35,36)24-10-4-3-5-11-24)22-28(32)29-18-21-38-23-14-16-25(17-15-23)39(33,34)30-19-8-9-20-30/h3-7,10-17H,2,8-9,18-22H2,1H3,(H,29,32). The molecule has 3 aromatic carbocycles. The molecular weight excluding hydrogens is 554 g/mol. The number of nitrogens with one attached hydrogen (secondary N) is 1. The van der Waals surface area contributed by atoms with Crippen molar-refractivity contribution in [1.29, 1.82) is 0 Å². The minimum absolute atomic E-state index is 0.0487. The SMILES string of the molecule is CCOc1ccccc1N(CC(=O)NCCOc1ccc(S(=O)(=O)N2CCCC2)cc1)S(=O)(=O)c1ccccc1. The van der Waals surface area contributed by atoms with Crippen LogP contribution in [0.4, 0.5) is 5.69 Å². The van der Waals surface area contributed by atoms with Crippen LogP contribution in [0.3, 0.4) is 0 Å². The van der Waals surface area contributed by atoms with Crippen LogP contribution in [0.5, 0.6) is 11.5 Å². The Morgan fingerprint density at radius 1 is 0.850 bits per heavy atom. The molecule has 1 N–H and O–H groups in total. The van der Waals surface area contributed by atoms with Gasteiger partial charge in [-0.25, -0.2) is 16.8 Å². The van der Waals surface area contributed by atoms with Gasteiger partial charge in [0.15, 0.2) is 0 Å². The monoisotopic (exact) mass is 587 g/mol. The Morgan fingerprint density at radius 2 is 1.50 bits per heavy atom. The van der Waals surface area contributed by atoms with Crippen molar-refractivity contribution in [2.45, 2.75) is 29.6 Å². The molecule has 12 heteroatoms. The topological polar surface area (TPSA) is 122 Å². The third kappa shape index (κ3) is 6.93. The molecular formula is C28H33N3O7S2. The molecule has 1 saturated heterocycles. The summed E-state index contributed by atoms with van der Waals surface area (Å²) < 4.78 is 66.2. The Bertz CT molecular complexity index is 1490. The normalized spacial score (nSPS) is 14.0. The van der Waals surface area contributed by atoms with E-state index in [1.165, 1.54) is 28.6 Å². The zero-order valence-corrected chi connectivity index (χ0v) is 23.9. The Balaban J connectivity index is 1.38. The first-order valence-electron chi connectivity index (χ1n) is 13.0. The summed E-state index contributed by atoms with van der Waals surface area (Å²) in [7, 11) is -7.58. The molecule has 0 bridgehead atoms. The number of benzene rings is 3. The number of anilines is 1. The molecule has 0 atom stereocenters. The van der Waals surface area contributed by atoms with Crippen LogP contribution < -0.4 is 19.1 Å². The van der Waals surface area contributed by atoms with Crippen molar-refractivity contribution in [2.75, 3.05) is 43.7 Å². The highest BCUT2D eigenvalue weighted by Crippen LogP contribution is 2.32. The van der Waals surface area contributed by atoms with Crippen molar-refractivity contribution in [3.8, 4) is 11.5 Å². The second-order valence-corrected chi connectivity index (χ2v) is 12.8. The maximum atomic E-state index is 13.5. The molecule has 0 aliphatic carbocycles. The summed E-state index contributed by atoms with van der Waals surface area (Å²) in [6.45, 7) is 2.92. The summed E-state index contributed by atoms with van der Waals surface area (Å²) in [5.41, 5.74) is 0.253. The highest BCUT2D eigenvalue weighted by atomic mass is 32.2. The van der Waals surface area contributed by atoms with E-state index < -0.39 is 32.5 Å². The molecule has 0 saturated carbocycles. The van der Waals surface area contributed by atoms with E-state index in [0.29, 0.717) is 31.2 Å². The summed E-state index contributed by atoms with van der Waals surface area (Å²) in [6.07, 6.45) is 1.72. The number of hydrogen-bond acceptors (Lipinski definition) is 7. The molecule has 10 nitrogen and oxygen atoms in total. The number of amides is 1.